The lowest BCUT2D eigenvalue weighted by Gasteiger charge is -2.18. The summed E-state index contributed by atoms with van der Waals surface area (Å²) in [6, 6.07) is 7.49. The van der Waals surface area contributed by atoms with E-state index in [1.54, 1.807) is 27.7 Å². The molecular weight excluding hydrogens is 607 g/mol. The Morgan fingerprint density at radius 1 is 1.07 bits per heavy atom. The third kappa shape index (κ3) is 7.81. The Bertz CT molecular complexity index is 1680. The second-order valence-corrected chi connectivity index (χ2v) is 13.0. The van der Waals surface area contributed by atoms with Crippen LogP contribution in [-0.2, 0) is 46.1 Å². The Kier molecular flexibility index (Phi) is 10.1. The molecule has 1 atom stereocenters. The molecule has 4 aromatic rings. The van der Waals surface area contributed by atoms with Gasteiger partial charge in [-0.25, -0.2) is 8.78 Å². The fraction of sp³-hybridized carbons (Fsp3) is 0.355. The summed E-state index contributed by atoms with van der Waals surface area (Å²) in [5.74, 6) is -1.93. The molecular formula is C31H31F5N2O5S. The maximum atomic E-state index is 15.8. The summed E-state index contributed by atoms with van der Waals surface area (Å²) >= 11 is 0. The molecule has 2 aromatic heterocycles. The van der Waals surface area contributed by atoms with E-state index in [-0.39, 0.29) is 71.2 Å². The van der Waals surface area contributed by atoms with Crippen LogP contribution >= 0.6 is 0 Å². The van der Waals surface area contributed by atoms with Gasteiger partial charge in [-0.3, -0.25) is 19.3 Å². The number of hydrogen-bond donors (Lipinski definition) is 1. The van der Waals surface area contributed by atoms with Gasteiger partial charge in [-0.1, -0.05) is 6.07 Å². The van der Waals surface area contributed by atoms with Crippen molar-refractivity contribution in [3.8, 4) is 16.9 Å². The summed E-state index contributed by atoms with van der Waals surface area (Å²) in [5, 5.41) is 2.59. The number of fused-ring (bicyclic) bond motifs is 1. The quantitative estimate of drug-likeness (QED) is 0.139. The van der Waals surface area contributed by atoms with E-state index in [1.807, 2.05) is 0 Å². The van der Waals surface area contributed by atoms with Gasteiger partial charge in [0.1, 0.15) is 35.6 Å². The van der Waals surface area contributed by atoms with Gasteiger partial charge in [-0.2, -0.15) is 13.2 Å². The van der Waals surface area contributed by atoms with E-state index in [0.29, 0.717) is 11.8 Å². The van der Waals surface area contributed by atoms with Gasteiger partial charge in [0, 0.05) is 56.4 Å². The van der Waals surface area contributed by atoms with Crippen LogP contribution in [0.1, 0.15) is 50.1 Å². The summed E-state index contributed by atoms with van der Waals surface area (Å²) < 4.78 is 99.4. The lowest BCUT2D eigenvalue weighted by molar-refractivity contribution is -0.142. The molecule has 1 N–H and O–H groups in total. The van der Waals surface area contributed by atoms with Crippen LogP contribution in [0.5, 0.6) is 5.75 Å². The topological polar surface area (TPSA) is 90.7 Å². The number of ether oxygens (including phenoxy) is 2. The van der Waals surface area contributed by atoms with Crippen molar-refractivity contribution in [1.82, 2.24) is 10.3 Å². The number of nitrogens with one attached hydrogen (secondary N) is 1. The van der Waals surface area contributed by atoms with Crippen molar-refractivity contribution in [2.45, 2.75) is 58.2 Å². The van der Waals surface area contributed by atoms with E-state index in [1.165, 1.54) is 30.5 Å². The highest BCUT2D eigenvalue weighted by Crippen LogP contribution is 2.41. The van der Waals surface area contributed by atoms with Crippen LogP contribution in [0.25, 0.3) is 22.1 Å². The maximum absolute atomic E-state index is 15.8. The summed E-state index contributed by atoms with van der Waals surface area (Å²) in [5.41, 5.74) is -0.844. The highest BCUT2D eigenvalue weighted by atomic mass is 32.2. The van der Waals surface area contributed by atoms with Crippen molar-refractivity contribution >= 4 is 27.7 Å². The van der Waals surface area contributed by atoms with Crippen LogP contribution in [0.2, 0.25) is 0 Å². The van der Waals surface area contributed by atoms with E-state index in [2.05, 4.69) is 10.3 Å². The minimum atomic E-state index is -4.77. The molecule has 0 amide bonds. The molecule has 0 aliphatic carbocycles. The molecule has 0 bridgehead atoms. The Labute approximate surface area is 253 Å². The summed E-state index contributed by atoms with van der Waals surface area (Å²) in [7, 11) is -1.26. The van der Waals surface area contributed by atoms with Gasteiger partial charge in [0.2, 0.25) is 0 Å². The normalized spacial score (nSPS) is 12.8. The highest BCUT2D eigenvalue weighted by Gasteiger charge is 2.35. The van der Waals surface area contributed by atoms with Crippen molar-refractivity contribution in [2.75, 3.05) is 12.5 Å². The number of halogens is 5. The number of carbonyl (C=O) groups excluding carboxylic acids is 1. The lowest BCUT2D eigenvalue weighted by Crippen LogP contribution is -2.31. The first kappa shape index (κ1) is 33.1. The first-order chi connectivity index (χ1) is 20.7. The third-order valence-corrected chi connectivity index (χ3v) is 8.40. The van der Waals surface area contributed by atoms with Crippen LogP contribution in [0.3, 0.4) is 0 Å². The van der Waals surface area contributed by atoms with Crippen molar-refractivity contribution in [3.63, 3.8) is 0 Å². The summed E-state index contributed by atoms with van der Waals surface area (Å²) in [6.07, 6.45) is -3.11. The van der Waals surface area contributed by atoms with Crippen LogP contribution in [0.4, 0.5) is 22.0 Å². The largest absolute Gasteiger partial charge is 0.488 e. The third-order valence-electron chi connectivity index (χ3n) is 6.56. The Balaban J connectivity index is 1.71. The fourth-order valence-corrected chi connectivity index (χ4v) is 5.05. The SMILES string of the molecule is CCOC(=O)Cc1ccc(F)cc1OCc1cc(-c2ccnc(CNCS(=O)C(C)(C)C)c2F)c2occ(C(F)(F)F)c2c1. The predicted octanol–water partition coefficient (Wildman–Crippen LogP) is 7.07. The maximum Gasteiger partial charge on any atom is 0.420 e. The van der Waals surface area contributed by atoms with Gasteiger partial charge in [0.25, 0.3) is 0 Å². The van der Waals surface area contributed by atoms with E-state index >= 15 is 4.39 Å². The second kappa shape index (κ2) is 13.4. The van der Waals surface area contributed by atoms with Gasteiger partial charge in [-0.05, 0) is 57.5 Å². The first-order valence-corrected chi connectivity index (χ1v) is 14.9. The first-order valence-electron chi connectivity index (χ1n) is 13.6. The number of carbonyl (C=O) groups is 1. The molecule has 0 saturated heterocycles. The van der Waals surface area contributed by atoms with E-state index in [9.17, 15) is 26.6 Å². The zero-order chi connectivity index (χ0) is 32.2. The molecule has 0 spiro atoms. The van der Waals surface area contributed by atoms with Crippen molar-refractivity contribution in [3.05, 3.63) is 82.9 Å². The number of alkyl halides is 3. The molecule has 0 aliphatic heterocycles. The molecule has 4 rings (SSSR count). The monoisotopic (exact) mass is 638 g/mol. The van der Waals surface area contributed by atoms with Gasteiger partial charge in [0.15, 0.2) is 5.82 Å². The Morgan fingerprint density at radius 3 is 2.50 bits per heavy atom. The standard InChI is InChI=1S/C31H31F5N2O5S/c1-5-41-27(39)12-19-6-7-20(32)13-26(19)42-15-18-10-22(29-23(11-18)24(16-43-29)31(34,35)36)21-8-9-38-25(28(21)33)14-37-17-44(40)30(2,3)4/h6-11,13,16,37H,5,12,14-15,17H2,1-4H3. The molecule has 2 heterocycles. The number of esters is 1. The van der Waals surface area contributed by atoms with Crippen molar-refractivity contribution in [1.29, 1.82) is 0 Å². The smallest absolute Gasteiger partial charge is 0.420 e. The van der Waals surface area contributed by atoms with Crippen LogP contribution in [-0.4, -0.2) is 32.4 Å². The number of benzene rings is 2. The zero-order valence-electron chi connectivity index (χ0n) is 24.4. The molecule has 0 saturated carbocycles. The van der Waals surface area contributed by atoms with Gasteiger partial charge >= 0.3 is 12.1 Å². The Hall–Kier alpha value is -3.84. The molecule has 2 aromatic carbocycles. The predicted molar refractivity (Wildman–Crippen MR) is 155 cm³/mol. The lowest BCUT2D eigenvalue weighted by atomic mass is 9.98. The minimum absolute atomic E-state index is 0.000894. The molecule has 1 unspecified atom stereocenters. The van der Waals surface area contributed by atoms with E-state index < -0.39 is 44.9 Å². The summed E-state index contributed by atoms with van der Waals surface area (Å²) in [4.78, 5) is 16.1. The number of rotatable bonds is 11. The average Bonchev–Trinajstić information content (AvgIpc) is 3.38. The molecule has 0 radical (unpaired) electrons. The number of aromatic nitrogens is 1. The molecule has 0 fully saturated rings. The van der Waals surface area contributed by atoms with Crippen molar-refractivity contribution in [2.24, 2.45) is 0 Å². The van der Waals surface area contributed by atoms with E-state index in [0.717, 1.165) is 12.1 Å². The van der Waals surface area contributed by atoms with E-state index in [4.69, 9.17) is 13.9 Å². The second-order valence-electron chi connectivity index (χ2n) is 10.8. The molecule has 44 heavy (non-hydrogen) atoms. The van der Waals surface area contributed by atoms with Gasteiger partial charge in [0.05, 0.1) is 24.6 Å². The minimum Gasteiger partial charge on any atom is -0.488 e. The number of furan rings is 1. The van der Waals surface area contributed by atoms with Crippen LogP contribution in [0, 0.1) is 11.6 Å². The molecule has 13 heteroatoms. The highest BCUT2D eigenvalue weighted by molar-refractivity contribution is 7.86. The van der Waals surface area contributed by atoms with Gasteiger partial charge in [-0.15, -0.1) is 0 Å². The Morgan fingerprint density at radius 2 is 1.82 bits per heavy atom. The molecule has 7 nitrogen and oxygen atoms in total. The van der Waals surface area contributed by atoms with Crippen LogP contribution < -0.4 is 10.1 Å². The number of nitrogens with zero attached hydrogens (tertiary/aromatic N) is 1. The van der Waals surface area contributed by atoms with Crippen LogP contribution in [0.15, 0.2) is 53.3 Å². The number of pyridine rings is 1. The molecule has 236 valence electrons. The number of hydrogen-bond acceptors (Lipinski definition) is 7. The average molecular weight is 639 g/mol. The summed E-state index contributed by atoms with van der Waals surface area (Å²) in [6.45, 7) is 6.78. The van der Waals surface area contributed by atoms with Crippen molar-refractivity contribution < 1.29 is 44.8 Å². The van der Waals surface area contributed by atoms with Gasteiger partial charge < -0.3 is 13.9 Å². The fourth-order valence-electron chi connectivity index (χ4n) is 4.33. The zero-order valence-corrected chi connectivity index (χ0v) is 25.3. The molecule has 0 aliphatic rings.